The van der Waals surface area contributed by atoms with Gasteiger partial charge in [0.25, 0.3) is 5.91 Å². The molecular weight excluding hydrogens is 260 g/mol. The van der Waals surface area contributed by atoms with Gasteiger partial charge in [0.15, 0.2) is 0 Å². The molecule has 1 aromatic rings. The van der Waals surface area contributed by atoms with E-state index in [9.17, 15) is 13.6 Å². The molecule has 4 heteroatoms. The van der Waals surface area contributed by atoms with Gasteiger partial charge < -0.3 is 5.32 Å². The second kappa shape index (κ2) is 6.64. The Morgan fingerprint density at radius 2 is 1.80 bits per heavy atom. The van der Waals surface area contributed by atoms with Crippen LogP contribution in [0.2, 0.25) is 0 Å². The predicted molar refractivity (Wildman–Crippen MR) is 75.4 cm³/mol. The molecule has 2 rings (SSSR count). The molecule has 2 nitrogen and oxygen atoms in total. The summed E-state index contributed by atoms with van der Waals surface area (Å²) in [7, 11) is 0. The van der Waals surface area contributed by atoms with Crippen molar-refractivity contribution in [3.05, 3.63) is 42.0 Å². The van der Waals surface area contributed by atoms with Crippen LogP contribution in [0.3, 0.4) is 0 Å². The average Bonchev–Trinajstić information content (AvgIpc) is 2.47. The lowest BCUT2D eigenvalue weighted by atomic mass is 9.95. The molecule has 0 radical (unpaired) electrons. The quantitative estimate of drug-likeness (QED) is 0.892. The number of hydrogen-bond acceptors (Lipinski definition) is 1. The molecule has 1 aliphatic rings. The normalized spacial score (nSPS) is 17.3. The van der Waals surface area contributed by atoms with Crippen LogP contribution < -0.4 is 5.32 Å². The summed E-state index contributed by atoms with van der Waals surface area (Å²) in [4.78, 5) is 11.6. The number of benzene rings is 1. The van der Waals surface area contributed by atoms with Crippen molar-refractivity contribution in [3.8, 4) is 0 Å². The van der Waals surface area contributed by atoms with E-state index in [0.29, 0.717) is 11.6 Å². The van der Waals surface area contributed by atoms with Gasteiger partial charge in [0.05, 0.1) is 0 Å². The Balaban J connectivity index is 1.94. The van der Waals surface area contributed by atoms with E-state index in [-0.39, 0.29) is 6.04 Å². The largest absolute Gasteiger partial charge is 0.348 e. The molecular formula is C16H19F2NO. The molecule has 1 aliphatic carbocycles. The molecule has 1 fully saturated rings. The maximum atomic E-state index is 13.8. The third-order valence-electron chi connectivity index (χ3n) is 3.53. The average molecular weight is 279 g/mol. The van der Waals surface area contributed by atoms with Gasteiger partial charge in [-0.3, -0.25) is 4.79 Å². The van der Waals surface area contributed by atoms with Crippen LogP contribution in [0.4, 0.5) is 8.78 Å². The molecule has 1 aromatic carbocycles. The Labute approximate surface area is 117 Å². The van der Waals surface area contributed by atoms with Gasteiger partial charge in [0.1, 0.15) is 0 Å². The van der Waals surface area contributed by atoms with E-state index in [1.54, 1.807) is 24.3 Å². The minimum Gasteiger partial charge on any atom is -0.348 e. The summed E-state index contributed by atoms with van der Waals surface area (Å²) in [6, 6.07) is 8.66. The monoisotopic (exact) mass is 279 g/mol. The van der Waals surface area contributed by atoms with Crippen molar-refractivity contribution in [2.24, 2.45) is 0 Å². The number of carbonyl (C=O) groups excluding carboxylic acids is 1. The molecule has 0 bridgehead atoms. The van der Waals surface area contributed by atoms with E-state index in [0.717, 1.165) is 32.1 Å². The van der Waals surface area contributed by atoms with E-state index >= 15 is 0 Å². The van der Waals surface area contributed by atoms with Crippen LogP contribution in [0.15, 0.2) is 36.4 Å². The van der Waals surface area contributed by atoms with E-state index < -0.39 is 11.8 Å². The van der Waals surface area contributed by atoms with Gasteiger partial charge in [0.2, 0.25) is 0 Å². The highest BCUT2D eigenvalue weighted by atomic mass is 19.3. The van der Waals surface area contributed by atoms with Crippen molar-refractivity contribution in [1.82, 2.24) is 5.32 Å². The Kier molecular flexibility index (Phi) is 4.88. The Morgan fingerprint density at radius 1 is 1.15 bits per heavy atom. The number of amides is 1. The summed E-state index contributed by atoms with van der Waals surface area (Å²) in [5.74, 6) is -4.66. The fourth-order valence-electron chi connectivity index (χ4n) is 2.37. The molecule has 0 unspecified atom stereocenters. The SMILES string of the molecule is O=C(NC1CCCCC1)C(F)(F)C=Cc1ccccc1. The van der Waals surface area contributed by atoms with Crippen LogP contribution in [-0.4, -0.2) is 17.9 Å². The maximum Gasteiger partial charge on any atom is 0.343 e. The molecule has 0 saturated heterocycles. The zero-order chi connectivity index (χ0) is 14.4. The van der Waals surface area contributed by atoms with Crippen molar-refractivity contribution in [3.63, 3.8) is 0 Å². The minimum atomic E-state index is -3.46. The first kappa shape index (κ1) is 14.7. The highest BCUT2D eigenvalue weighted by molar-refractivity contribution is 5.86. The van der Waals surface area contributed by atoms with Crippen molar-refractivity contribution in [2.75, 3.05) is 0 Å². The summed E-state index contributed by atoms with van der Waals surface area (Å²) in [5.41, 5.74) is 0.651. The number of nitrogens with one attached hydrogen (secondary N) is 1. The van der Waals surface area contributed by atoms with E-state index in [2.05, 4.69) is 5.32 Å². The summed E-state index contributed by atoms with van der Waals surface area (Å²) in [6.07, 6.45) is 6.65. The number of halogens is 2. The first-order valence-electron chi connectivity index (χ1n) is 7.01. The lowest BCUT2D eigenvalue weighted by molar-refractivity contribution is -0.140. The fourth-order valence-corrected chi connectivity index (χ4v) is 2.37. The second-order valence-electron chi connectivity index (χ2n) is 5.18. The van der Waals surface area contributed by atoms with Gasteiger partial charge in [-0.2, -0.15) is 8.78 Å². The van der Waals surface area contributed by atoms with E-state index in [4.69, 9.17) is 0 Å². The van der Waals surface area contributed by atoms with Gasteiger partial charge >= 0.3 is 5.92 Å². The molecule has 0 heterocycles. The van der Waals surface area contributed by atoms with Crippen molar-refractivity contribution in [1.29, 1.82) is 0 Å². The standard InChI is InChI=1S/C16H19F2NO/c17-16(18,12-11-13-7-3-1-4-8-13)15(20)19-14-9-5-2-6-10-14/h1,3-4,7-8,11-12,14H,2,5-6,9-10H2,(H,19,20). The maximum absolute atomic E-state index is 13.8. The first-order chi connectivity index (χ1) is 9.58. The minimum absolute atomic E-state index is 0.104. The zero-order valence-electron chi connectivity index (χ0n) is 11.3. The highest BCUT2D eigenvalue weighted by Crippen LogP contribution is 2.21. The Hall–Kier alpha value is -1.71. The fraction of sp³-hybridized carbons (Fsp3) is 0.438. The number of alkyl halides is 2. The summed E-state index contributed by atoms with van der Waals surface area (Å²) < 4.78 is 27.5. The molecule has 0 spiro atoms. The summed E-state index contributed by atoms with van der Waals surface area (Å²) in [6.45, 7) is 0. The van der Waals surface area contributed by atoms with Gasteiger partial charge in [-0.25, -0.2) is 0 Å². The van der Waals surface area contributed by atoms with Crippen LogP contribution in [0.25, 0.3) is 6.08 Å². The number of carbonyl (C=O) groups is 1. The van der Waals surface area contributed by atoms with Crippen LogP contribution in [-0.2, 0) is 4.79 Å². The smallest absolute Gasteiger partial charge is 0.343 e. The first-order valence-corrected chi connectivity index (χ1v) is 7.01. The van der Waals surface area contributed by atoms with Gasteiger partial charge in [-0.15, -0.1) is 0 Å². The lowest BCUT2D eigenvalue weighted by Crippen LogP contribution is -2.45. The summed E-state index contributed by atoms with van der Waals surface area (Å²) >= 11 is 0. The van der Waals surface area contributed by atoms with Gasteiger partial charge in [-0.1, -0.05) is 55.7 Å². The highest BCUT2D eigenvalue weighted by Gasteiger charge is 2.36. The molecule has 1 saturated carbocycles. The zero-order valence-corrected chi connectivity index (χ0v) is 11.3. The molecule has 0 aliphatic heterocycles. The molecule has 0 atom stereocenters. The van der Waals surface area contributed by atoms with Crippen LogP contribution in [0.5, 0.6) is 0 Å². The third kappa shape index (κ3) is 4.15. The second-order valence-corrected chi connectivity index (χ2v) is 5.18. The molecule has 0 aromatic heterocycles. The molecule has 20 heavy (non-hydrogen) atoms. The number of hydrogen-bond donors (Lipinski definition) is 1. The van der Waals surface area contributed by atoms with Gasteiger partial charge in [-0.05, 0) is 24.5 Å². The summed E-state index contributed by atoms with van der Waals surface area (Å²) in [5, 5.41) is 2.46. The Bertz CT molecular complexity index is 465. The molecule has 1 N–H and O–H groups in total. The van der Waals surface area contributed by atoms with Crippen molar-refractivity contribution in [2.45, 2.75) is 44.1 Å². The Morgan fingerprint density at radius 3 is 2.45 bits per heavy atom. The van der Waals surface area contributed by atoms with Crippen LogP contribution >= 0.6 is 0 Å². The van der Waals surface area contributed by atoms with E-state index in [1.165, 1.54) is 6.08 Å². The molecule has 1 amide bonds. The number of rotatable bonds is 4. The topological polar surface area (TPSA) is 29.1 Å². The lowest BCUT2D eigenvalue weighted by Gasteiger charge is -2.24. The third-order valence-corrected chi connectivity index (χ3v) is 3.53. The van der Waals surface area contributed by atoms with Gasteiger partial charge in [0, 0.05) is 6.04 Å². The van der Waals surface area contributed by atoms with E-state index in [1.807, 2.05) is 6.07 Å². The molecule has 108 valence electrons. The van der Waals surface area contributed by atoms with Crippen molar-refractivity contribution >= 4 is 12.0 Å². The van der Waals surface area contributed by atoms with Crippen LogP contribution in [0, 0.1) is 0 Å². The predicted octanol–water partition coefficient (Wildman–Crippen LogP) is 3.78. The van der Waals surface area contributed by atoms with Crippen LogP contribution in [0.1, 0.15) is 37.7 Å². The van der Waals surface area contributed by atoms with Crippen molar-refractivity contribution < 1.29 is 13.6 Å².